The molecular weight excluding hydrogens is 262 g/mol. The van der Waals surface area contributed by atoms with Crippen molar-refractivity contribution in [3.63, 3.8) is 0 Å². The average Bonchev–Trinajstić information content (AvgIpc) is 2.85. The summed E-state index contributed by atoms with van der Waals surface area (Å²) in [5, 5.41) is 1.05. The fourth-order valence-electron chi connectivity index (χ4n) is 2.62. The fraction of sp³-hybridized carbons (Fsp3) is 0.400. The number of carbonyl (C=O) groups is 1. The first-order valence-corrected chi connectivity index (χ1v) is 7.00. The second kappa shape index (κ2) is 4.89. The van der Waals surface area contributed by atoms with Gasteiger partial charge < -0.3 is 9.32 Å². The Balaban J connectivity index is 1.88. The minimum Gasteiger partial charge on any atom is -0.463 e. The highest BCUT2D eigenvalue weighted by Gasteiger charge is 2.29. The Morgan fingerprint density at radius 3 is 3.00 bits per heavy atom. The smallest absolute Gasteiger partial charge is 0.257 e. The van der Waals surface area contributed by atoms with Crippen molar-refractivity contribution in [1.29, 1.82) is 0 Å². The second-order valence-corrected chi connectivity index (χ2v) is 5.74. The Kier molecular flexibility index (Phi) is 3.23. The van der Waals surface area contributed by atoms with E-state index in [1.54, 1.807) is 6.26 Å². The molecule has 3 nitrogen and oxygen atoms in total. The molecule has 0 N–H and O–H groups in total. The molecule has 100 valence electrons. The fourth-order valence-corrected chi connectivity index (χ4v) is 2.79. The van der Waals surface area contributed by atoms with Gasteiger partial charge in [0.25, 0.3) is 5.91 Å². The van der Waals surface area contributed by atoms with E-state index in [-0.39, 0.29) is 11.3 Å². The number of halogens is 1. The summed E-state index contributed by atoms with van der Waals surface area (Å²) < 4.78 is 5.44. The molecule has 0 radical (unpaired) electrons. The van der Waals surface area contributed by atoms with Gasteiger partial charge in [-0.1, -0.05) is 25.1 Å². The minimum atomic E-state index is 0.0420. The Morgan fingerprint density at radius 2 is 2.21 bits per heavy atom. The Hall–Kier alpha value is -1.48. The number of para-hydroxylation sites is 1. The molecule has 0 spiro atoms. The Bertz CT molecular complexity index is 607. The molecule has 1 aliphatic rings. The predicted molar refractivity (Wildman–Crippen MR) is 75.5 cm³/mol. The zero-order valence-corrected chi connectivity index (χ0v) is 11.6. The summed E-state index contributed by atoms with van der Waals surface area (Å²) in [4.78, 5) is 14.4. The van der Waals surface area contributed by atoms with E-state index in [2.05, 4.69) is 6.92 Å². The van der Waals surface area contributed by atoms with Gasteiger partial charge in [-0.05, 0) is 18.4 Å². The molecule has 2 heterocycles. The lowest BCUT2D eigenvalue weighted by Crippen LogP contribution is -2.43. The molecule has 1 amide bonds. The molecule has 3 rings (SSSR count). The van der Waals surface area contributed by atoms with Crippen LogP contribution >= 0.6 is 11.6 Å². The van der Waals surface area contributed by atoms with Gasteiger partial charge in [0.2, 0.25) is 0 Å². The lowest BCUT2D eigenvalue weighted by Gasteiger charge is -2.33. The molecule has 1 aliphatic heterocycles. The van der Waals surface area contributed by atoms with Crippen LogP contribution in [0.5, 0.6) is 0 Å². The summed E-state index contributed by atoms with van der Waals surface area (Å²) in [5.74, 6) is 0.373. The van der Waals surface area contributed by atoms with Crippen LogP contribution in [0.15, 0.2) is 34.9 Å². The van der Waals surface area contributed by atoms with E-state index in [0.29, 0.717) is 18.0 Å². The molecule has 1 saturated heterocycles. The van der Waals surface area contributed by atoms with Crippen LogP contribution in [0.1, 0.15) is 23.7 Å². The maximum atomic E-state index is 12.5. The first-order valence-electron chi connectivity index (χ1n) is 6.56. The van der Waals surface area contributed by atoms with E-state index in [9.17, 15) is 4.79 Å². The normalized spacial score (nSPS) is 23.8. The highest BCUT2D eigenvalue weighted by Crippen LogP contribution is 2.26. The number of amides is 1. The van der Waals surface area contributed by atoms with Gasteiger partial charge in [-0.2, -0.15) is 0 Å². The van der Waals surface area contributed by atoms with Crippen molar-refractivity contribution in [2.24, 2.45) is 5.92 Å². The minimum absolute atomic E-state index is 0.0420. The summed E-state index contributed by atoms with van der Waals surface area (Å²) in [6.45, 7) is 3.52. The van der Waals surface area contributed by atoms with Crippen LogP contribution in [-0.2, 0) is 0 Å². The van der Waals surface area contributed by atoms with Crippen LogP contribution in [0.25, 0.3) is 11.0 Å². The molecule has 4 heteroatoms. The van der Waals surface area contributed by atoms with Gasteiger partial charge in [-0.15, -0.1) is 11.6 Å². The van der Waals surface area contributed by atoms with Crippen molar-refractivity contribution < 1.29 is 9.21 Å². The maximum Gasteiger partial charge on any atom is 0.257 e. The van der Waals surface area contributed by atoms with Gasteiger partial charge in [-0.25, -0.2) is 0 Å². The van der Waals surface area contributed by atoms with Crippen LogP contribution < -0.4 is 0 Å². The van der Waals surface area contributed by atoms with Crippen LogP contribution in [0, 0.1) is 5.92 Å². The quantitative estimate of drug-likeness (QED) is 0.747. The number of furan rings is 1. The van der Waals surface area contributed by atoms with Gasteiger partial charge in [-0.3, -0.25) is 4.79 Å². The summed E-state index contributed by atoms with van der Waals surface area (Å²) >= 11 is 6.20. The first-order chi connectivity index (χ1) is 9.16. The summed E-state index contributed by atoms with van der Waals surface area (Å²) in [7, 11) is 0. The number of hydrogen-bond acceptors (Lipinski definition) is 2. The van der Waals surface area contributed by atoms with Crippen LogP contribution in [0.2, 0.25) is 0 Å². The number of fused-ring (bicyclic) bond motifs is 1. The molecule has 0 bridgehead atoms. The molecule has 1 fully saturated rings. The zero-order valence-electron chi connectivity index (χ0n) is 10.8. The van der Waals surface area contributed by atoms with Crippen molar-refractivity contribution >= 4 is 28.5 Å². The third kappa shape index (κ3) is 2.23. The number of rotatable bonds is 1. The number of nitrogens with zero attached hydrogens (tertiary/aromatic N) is 1. The van der Waals surface area contributed by atoms with Gasteiger partial charge in [0.1, 0.15) is 11.8 Å². The Labute approximate surface area is 117 Å². The molecule has 19 heavy (non-hydrogen) atoms. The van der Waals surface area contributed by atoms with E-state index in [1.165, 1.54) is 0 Å². The lowest BCUT2D eigenvalue weighted by molar-refractivity contribution is 0.0688. The van der Waals surface area contributed by atoms with Crippen LogP contribution in [0.3, 0.4) is 0 Å². The monoisotopic (exact) mass is 277 g/mol. The third-order valence-corrected chi connectivity index (χ3v) is 4.45. The number of hydrogen-bond donors (Lipinski definition) is 0. The van der Waals surface area contributed by atoms with Crippen molar-refractivity contribution in [3.8, 4) is 0 Å². The summed E-state index contributed by atoms with van der Waals surface area (Å²) in [5.41, 5.74) is 1.40. The molecule has 2 aromatic rings. The largest absolute Gasteiger partial charge is 0.463 e. The van der Waals surface area contributed by atoms with Crippen LogP contribution in [-0.4, -0.2) is 29.3 Å². The molecule has 1 aromatic carbocycles. The SMILES string of the molecule is CC1CN(C(=O)c2coc3ccccc23)CCC1Cl. The summed E-state index contributed by atoms with van der Waals surface area (Å²) in [6.07, 6.45) is 2.41. The van der Waals surface area contributed by atoms with E-state index in [0.717, 1.165) is 23.9 Å². The number of likely N-dealkylation sites (tertiary alicyclic amines) is 1. The standard InChI is InChI=1S/C15H16ClNO2/c1-10-8-17(7-6-13(10)16)15(18)12-9-19-14-5-3-2-4-11(12)14/h2-5,9-10,13H,6-8H2,1H3. The summed E-state index contributed by atoms with van der Waals surface area (Å²) in [6, 6.07) is 7.62. The average molecular weight is 278 g/mol. The van der Waals surface area contributed by atoms with Crippen molar-refractivity contribution in [3.05, 3.63) is 36.1 Å². The first kappa shape index (κ1) is 12.5. The maximum absolute atomic E-state index is 12.5. The second-order valence-electron chi connectivity index (χ2n) is 5.18. The molecule has 2 atom stereocenters. The molecular formula is C15H16ClNO2. The van der Waals surface area contributed by atoms with Crippen LogP contribution in [0.4, 0.5) is 0 Å². The highest BCUT2D eigenvalue weighted by atomic mass is 35.5. The lowest BCUT2D eigenvalue weighted by atomic mass is 9.99. The zero-order chi connectivity index (χ0) is 13.4. The van der Waals surface area contributed by atoms with Crippen molar-refractivity contribution in [2.75, 3.05) is 13.1 Å². The van der Waals surface area contributed by atoms with Gasteiger partial charge in [0.05, 0.1) is 5.56 Å². The van der Waals surface area contributed by atoms with E-state index in [4.69, 9.17) is 16.0 Å². The van der Waals surface area contributed by atoms with E-state index in [1.807, 2.05) is 29.2 Å². The Morgan fingerprint density at radius 1 is 1.42 bits per heavy atom. The van der Waals surface area contributed by atoms with Gasteiger partial charge in [0.15, 0.2) is 0 Å². The van der Waals surface area contributed by atoms with E-state index < -0.39 is 0 Å². The van der Waals surface area contributed by atoms with Crippen molar-refractivity contribution in [1.82, 2.24) is 4.90 Å². The molecule has 0 saturated carbocycles. The molecule has 1 aromatic heterocycles. The number of carbonyl (C=O) groups excluding carboxylic acids is 1. The van der Waals surface area contributed by atoms with Crippen molar-refractivity contribution in [2.45, 2.75) is 18.7 Å². The van der Waals surface area contributed by atoms with Gasteiger partial charge >= 0.3 is 0 Å². The highest BCUT2D eigenvalue weighted by molar-refractivity contribution is 6.20. The number of piperidine rings is 1. The third-order valence-electron chi connectivity index (χ3n) is 3.80. The number of benzene rings is 1. The van der Waals surface area contributed by atoms with Gasteiger partial charge in [0, 0.05) is 23.9 Å². The van der Waals surface area contributed by atoms with E-state index >= 15 is 0 Å². The molecule has 2 unspecified atom stereocenters. The topological polar surface area (TPSA) is 33.5 Å². The molecule has 0 aliphatic carbocycles. The number of alkyl halides is 1. The predicted octanol–water partition coefficient (Wildman–Crippen LogP) is 3.52.